The van der Waals surface area contributed by atoms with Gasteiger partial charge in [-0.25, -0.2) is 0 Å². The molecule has 0 aliphatic carbocycles. The van der Waals surface area contributed by atoms with E-state index in [-0.39, 0.29) is 37.2 Å². The van der Waals surface area contributed by atoms with E-state index in [1.54, 1.807) is 6.92 Å². The molecule has 0 aliphatic heterocycles. The van der Waals surface area contributed by atoms with Gasteiger partial charge in [-0.2, -0.15) is 0 Å². The number of esters is 1. The van der Waals surface area contributed by atoms with Crippen molar-refractivity contribution in [2.75, 3.05) is 39.5 Å². The molecule has 2 rings (SSSR count). The predicted molar refractivity (Wildman–Crippen MR) is 159 cm³/mol. The minimum atomic E-state index is -0.679. The van der Waals surface area contributed by atoms with Crippen LogP contribution in [0.1, 0.15) is 58.1 Å². The van der Waals surface area contributed by atoms with Gasteiger partial charge in [0.15, 0.2) is 0 Å². The second-order valence-corrected chi connectivity index (χ2v) is 10.9. The Labute approximate surface area is 244 Å². The Balaban J connectivity index is 1.54. The first kappa shape index (κ1) is 33.9. The topological polar surface area (TPSA) is 106 Å². The molecule has 0 aromatic heterocycles. The predicted octanol–water partition coefficient (Wildman–Crippen LogP) is 3.85. The lowest BCUT2D eigenvalue weighted by Gasteiger charge is -2.22. The molecule has 41 heavy (non-hydrogen) atoms. The number of amides is 2. The summed E-state index contributed by atoms with van der Waals surface area (Å²) in [6, 6.07) is 20.1. The SMILES string of the molecule is CC(NC(=O)CCOCCOCCN(Cc1ccccc1)Cc1ccccc1)C(=O)NCCCC(=O)OC(C)(C)C. The van der Waals surface area contributed by atoms with Crippen molar-refractivity contribution < 1.29 is 28.6 Å². The summed E-state index contributed by atoms with van der Waals surface area (Å²) in [6.07, 6.45) is 0.840. The Bertz CT molecular complexity index is 985. The molecule has 0 fully saturated rings. The summed E-state index contributed by atoms with van der Waals surface area (Å²) in [5.41, 5.74) is 1.99. The molecule has 2 aromatic rings. The third kappa shape index (κ3) is 16.6. The minimum Gasteiger partial charge on any atom is -0.460 e. The van der Waals surface area contributed by atoms with Gasteiger partial charge in [0, 0.05) is 39.0 Å². The lowest BCUT2D eigenvalue weighted by atomic mass is 10.1. The van der Waals surface area contributed by atoms with Gasteiger partial charge < -0.3 is 24.8 Å². The van der Waals surface area contributed by atoms with E-state index in [0.717, 1.165) is 19.6 Å². The van der Waals surface area contributed by atoms with Crippen LogP contribution in [0.25, 0.3) is 0 Å². The maximum atomic E-state index is 12.2. The van der Waals surface area contributed by atoms with E-state index in [9.17, 15) is 14.4 Å². The van der Waals surface area contributed by atoms with Crippen LogP contribution in [0.15, 0.2) is 60.7 Å². The lowest BCUT2D eigenvalue weighted by Crippen LogP contribution is -2.45. The highest BCUT2D eigenvalue weighted by Crippen LogP contribution is 2.10. The summed E-state index contributed by atoms with van der Waals surface area (Å²) in [5, 5.41) is 5.39. The first-order valence-corrected chi connectivity index (χ1v) is 14.4. The lowest BCUT2D eigenvalue weighted by molar-refractivity contribution is -0.155. The summed E-state index contributed by atoms with van der Waals surface area (Å²) >= 11 is 0. The quantitative estimate of drug-likeness (QED) is 0.196. The van der Waals surface area contributed by atoms with Crippen LogP contribution in [0.4, 0.5) is 0 Å². The number of carbonyl (C=O) groups excluding carboxylic acids is 3. The largest absolute Gasteiger partial charge is 0.460 e. The molecule has 0 aliphatic rings. The van der Waals surface area contributed by atoms with Crippen LogP contribution < -0.4 is 10.6 Å². The molecule has 0 spiro atoms. The number of ether oxygens (including phenoxy) is 3. The number of nitrogens with zero attached hydrogens (tertiary/aromatic N) is 1. The molecule has 2 aromatic carbocycles. The van der Waals surface area contributed by atoms with Gasteiger partial charge in [-0.05, 0) is 45.2 Å². The van der Waals surface area contributed by atoms with E-state index in [0.29, 0.717) is 32.8 Å². The average molecular weight is 570 g/mol. The van der Waals surface area contributed by atoms with E-state index in [1.807, 2.05) is 32.9 Å². The molecular weight excluding hydrogens is 522 g/mol. The van der Waals surface area contributed by atoms with Gasteiger partial charge in [-0.3, -0.25) is 19.3 Å². The van der Waals surface area contributed by atoms with Gasteiger partial charge in [0.1, 0.15) is 11.6 Å². The van der Waals surface area contributed by atoms with Crippen LogP contribution in [0.5, 0.6) is 0 Å². The summed E-state index contributed by atoms with van der Waals surface area (Å²) in [6.45, 7) is 11.5. The number of carbonyl (C=O) groups is 3. The van der Waals surface area contributed by atoms with Crippen molar-refractivity contribution in [1.29, 1.82) is 0 Å². The third-order valence-electron chi connectivity index (χ3n) is 5.94. The highest BCUT2D eigenvalue weighted by Gasteiger charge is 2.17. The molecule has 2 N–H and O–H groups in total. The van der Waals surface area contributed by atoms with Crippen molar-refractivity contribution >= 4 is 17.8 Å². The smallest absolute Gasteiger partial charge is 0.306 e. The number of nitrogens with one attached hydrogen (secondary N) is 2. The van der Waals surface area contributed by atoms with Crippen molar-refractivity contribution in [2.24, 2.45) is 0 Å². The number of benzene rings is 2. The fraction of sp³-hybridized carbons (Fsp3) is 0.531. The minimum absolute atomic E-state index is 0.151. The molecule has 2 amide bonds. The second-order valence-electron chi connectivity index (χ2n) is 10.9. The van der Waals surface area contributed by atoms with Crippen molar-refractivity contribution in [3.8, 4) is 0 Å². The molecule has 1 atom stereocenters. The second kappa shape index (κ2) is 19.0. The first-order valence-electron chi connectivity index (χ1n) is 14.4. The van der Waals surface area contributed by atoms with Gasteiger partial charge in [-0.15, -0.1) is 0 Å². The monoisotopic (exact) mass is 569 g/mol. The van der Waals surface area contributed by atoms with Crippen LogP contribution >= 0.6 is 0 Å². The molecule has 0 bridgehead atoms. The van der Waals surface area contributed by atoms with E-state index < -0.39 is 11.6 Å². The van der Waals surface area contributed by atoms with Gasteiger partial charge in [0.05, 0.1) is 26.4 Å². The van der Waals surface area contributed by atoms with Crippen LogP contribution in [0.2, 0.25) is 0 Å². The normalized spacial score (nSPS) is 12.1. The number of hydrogen-bond acceptors (Lipinski definition) is 7. The maximum absolute atomic E-state index is 12.2. The molecule has 0 heterocycles. The molecule has 1 unspecified atom stereocenters. The molecular formula is C32H47N3O6. The standard InChI is InChI=1S/C32H47N3O6/c1-26(31(38)33-18-11-16-30(37)41-32(2,3)4)34-29(36)17-20-39-22-23-40-21-19-35(24-27-12-7-5-8-13-27)25-28-14-9-6-10-15-28/h5-10,12-15,26H,11,16-25H2,1-4H3,(H,33,38)(H,34,36). The van der Waals surface area contributed by atoms with Crippen LogP contribution in [-0.4, -0.2) is 73.8 Å². The Kier molecular flexibility index (Phi) is 15.7. The average Bonchev–Trinajstić information content (AvgIpc) is 2.92. The fourth-order valence-corrected chi connectivity index (χ4v) is 3.95. The number of hydrogen-bond donors (Lipinski definition) is 2. The zero-order valence-corrected chi connectivity index (χ0v) is 25.0. The summed E-state index contributed by atoms with van der Waals surface area (Å²) < 4.78 is 16.6. The van der Waals surface area contributed by atoms with Gasteiger partial charge in [0.25, 0.3) is 0 Å². The Morgan fingerprint density at radius 3 is 1.93 bits per heavy atom. The van der Waals surface area contributed by atoms with Crippen molar-refractivity contribution in [1.82, 2.24) is 15.5 Å². The third-order valence-corrected chi connectivity index (χ3v) is 5.94. The van der Waals surface area contributed by atoms with Crippen molar-refractivity contribution in [2.45, 2.75) is 71.7 Å². The van der Waals surface area contributed by atoms with E-state index in [1.165, 1.54) is 11.1 Å². The summed E-state index contributed by atoms with van der Waals surface area (Å²) in [5.74, 6) is -0.864. The first-order chi connectivity index (χ1) is 19.6. The molecule has 0 radical (unpaired) electrons. The molecule has 0 saturated carbocycles. The molecule has 9 nitrogen and oxygen atoms in total. The van der Waals surface area contributed by atoms with E-state index in [2.05, 4.69) is 64.1 Å². The Morgan fingerprint density at radius 2 is 1.37 bits per heavy atom. The fourth-order valence-electron chi connectivity index (χ4n) is 3.95. The summed E-state index contributed by atoms with van der Waals surface area (Å²) in [7, 11) is 0. The van der Waals surface area contributed by atoms with Crippen LogP contribution in [0.3, 0.4) is 0 Å². The van der Waals surface area contributed by atoms with Crippen LogP contribution in [-0.2, 0) is 41.7 Å². The maximum Gasteiger partial charge on any atom is 0.306 e. The summed E-state index contributed by atoms with van der Waals surface area (Å²) in [4.78, 5) is 38.4. The molecule has 9 heteroatoms. The number of rotatable bonds is 19. The zero-order valence-electron chi connectivity index (χ0n) is 25.0. The highest BCUT2D eigenvalue weighted by atomic mass is 16.6. The van der Waals surface area contributed by atoms with Gasteiger partial charge in [-0.1, -0.05) is 60.7 Å². The zero-order chi connectivity index (χ0) is 29.9. The van der Waals surface area contributed by atoms with Gasteiger partial charge >= 0.3 is 5.97 Å². The molecule has 226 valence electrons. The van der Waals surface area contributed by atoms with Crippen molar-refractivity contribution in [3.63, 3.8) is 0 Å². The van der Waals surface area contributed by atoms with E-state index in [4.69, 9.17) is 14.2 Å². The van der Waals surface area contributed by atoms with Crippen molar-refractivity contribution in [3.05, 3.63) is 71.8 Å². The van der Waals surface area contributed by atoms with Gasteiger partial charge in [0.2, 0.25) is 11.8 Å². The Hall–Kier alpha value is -3.27. The highest BCUT2D eigenvalue weighted by molar-refractivity contribution is 5.87. The van der Waals surface area contributed by atoms with Crippen LogP contribution in [0, 0.1) is 0 Å². The molecule has 0 saturated heterocycles. The van der Waals surface area contributed by atoms with E-state index >= 15 is 0 Å². The Morgan fingerprint density at radius 1 is 0.805 bits per heavy atom.